The van der Waals surface area contributed by atoms with Gasteiger partial charge in [0.1, 0.15) is 4.99 Å². The van der Waals surface area contributed by atoms with E-state index in [1.807, 2.05) is 0 Å². The zero-order valence-electron chi connectivity index (χ0n) is 10.5. The van der Waals surface area contributed by atoms with Crippen LogP contribution in [-0.4, -0.2) is 4.99 Å². The molecular formula is C14H10BrF3N2S. The van der Waals surface area contributed by atoms with Crippen LogP contribution < -0.4 is 11.1 Å². The molecule has 0 aliphatic carbocycles. The standard InChI is InChI=1S/C14H10BrF3N2S/c15-8-5-6-11(9(7-8)13(19)21)20-12-4-2-1-3-10(12)14(16,17)18/h1-7,20H,(H2,19,21). The molecule has 7 heteroatoms. The van der Waals surface area contributed by atoms with Gasteiger partial charge in [-0.1, -0.05) is 40.3 Å². The number of hydrogen-bond acceptors (Lipinski definition) is 2. The normalized spacial score (nSPS) is 11.2. The fourth-order valence-electron chi connectivity index (χ4n) is 1.81. The third-order valence-corrected chi connectivity index (χ3v) is 3.46. The molecule has 2 nitrogen and oxygen atoms in total. The molecule has 0 aliphatic heterocycles. The van der Waals surface area contributed by atoms with Crippen LogP contribution >= 0.6 is 28.1 Å². The molecule has 2 aromatic rings. The van der Waals surface area contributed by atoms with Crippen molar-refractivity contribution in [2.24, 2.45) is 5.73 Å². The Morgan fingerprint density at radius 2 is 1.76 bits per heavy atom. The summed E-state index contributed by atoms with van der Waals surface area (Å²) in [4.78, 5) is 0.100. The monoisotopic (exact) mass is 374 g/mol. The Labute approximate surface area is 133 Å². The van der Waals surface area contributed by atoms with Crippen molar-refractivity contribution in [1.29, 1.82) is 0 Å². The maximum atomic E-state index is 13.0. The largest absolute Gasteiger partial charge is 0.418 e. The molecule has 0 saturated carbocycles. The van der Waals surface area contributed by atoms with Gasteiger partial charge in [0.15, 0.2) is 0 Å². The third-order valence-electron chi connectivity index (χ3n) is 2.75. The molecule has 2 aromatic carbocycles. The smallest absolute Gasteiger partial charge is 0.389 e. The Balaban J connectivity index is 2.47. The molecule has 0 unspecified atom stereocenters. The van der Waals surface area contributed by atoms with Crippen LogP contribution in [0.3, 0.4) is 0 Å². The van der Waals surface area contributed by atoms with E-state index < -0.39 is 11.7 Å². The van der Waals surface area contributed by atoms with Crippen molar-refractivity contribution in [1.82, 2.24) is 0 Å². The molecule has 3 N–H and O–H groups in total. The molecule has 0 radical (unpaired) electrons. The van der Waals surface area contributed by atoms with Gasteiger partial charge >= 0.3 is 6.18 Å². The van der Waals surface area contributed by atoms with E-state index >= 15 is 0 Å². The van der Waals surface area contributed by atoms with Gasteiger partial charge in [-0.25, -0.2) is 0 Å². The van der Waals surface area contributed by atoms with Crippen molar-refractivity contribution in [3.05, 3.63) is 58.1 Å². The lowest BCUT2D eigenvalue weighted by Crippen LogP contribution is -2.13. The van der Waals surface area contributed by atoms with Gasteiger partial charge in [0, 0.05) is 15.7 Å². The predicted molar refractivity (Wildman–Crippen MR) is 84.8 cm³/mol. The maximum absolute atomic E-state index is 13.0. The number of anilines is 2. The predicted octanol–water partition coefficient (Wildman–Crippen LogP) is 4.85. The summed E-state index contributed by atoms with van der Waals surface area (Å²) in [6, 6.07) is 10.2. The van der Waals surface area contributed by atoms with Crippen molar-refractivity contribution in [2.45, 2.75) is 6.18 Å². The van der Waals surface area contributed by atoms with E-state index in [2.05, 4.69) is 21.2 Å². The number of nitrogens with two attached hydrogens (primary N) is 1. The number of para-hydroxylation sites is 1. The second-order valence-electron chi connectivity index (χ2n) is 4.22. The van der Waals surface area contributed by atoms with Crippen molar-refractivity contribution in [2.75, 3.05) is 5.32 Å². The number of thiocarbonyl (C=S) groups is 1. The first-order valence-electron chi connectivity index (χ1n) is 5.81. The van der Waals surface area contributed by atoms with Gasteiger partial charge in [-0.05, 0) is 30.3 Å². The van der Waals surface area contributed by atoms with E-state index in [9.17, 15) is 13.2 Å². The number of hydrogen-bond donors (Lipinski definition) is 2. The van der Waals surface area contributed by atoms with Gasteiger partial charge < -0.3 is 11.1 Å². The summed E-state index contributed by atoms with van der Waals surface area (Å²) in [7, 11) is 0. The topological polar surface area (TPSA) is 38.0 Å². The number of nitrogens with one attached hydrogen (secondary N) is 1. The van der Waals surface area contributed by atoms with E-state index in [0.29, 0.717) is 11.3 Å². The van der Waals surface area contributed by atoms with Crippen LogP contribution in [0.2, 0.25) is 0 Å². The molecule has 2 rings (SSSR count). The van der Waals surface area contributed by atoms with Crippen LogP contribution in [-0.2, 0) is 6.18 Å². The summed E-state index contributed by atoms with van der Waals surface area (Å²) in [6.45, 7) is 0. The Morgan fingerprint density at radius 1 is 1.10 bits per heavy atom. The summed E-state index contributed by atoms with van der Waals surface area (Å²) in [5.74, 6) is 0. The van der Waals surface area contributed by atoms with E-state index in [1.54, 1.807) is 18.2 Å². The fraction of sp³-hybridized carbons (Fsp3) is 0.0714. The number of rotatable bonds is 3. The van der Waals surface area contributed by atoms with Crippen molar-refractivity contribution in [3.63, 3.8) is 0 Å². The van der Waals surface area contributed by atoms with Gasteiger partial charge in [-0.15, -0.1) is 0 Å². The minimum Gasteiger partial charge on any atom is -0.389 e. The van der Waals surface area contributed by atoms with Crippen LogP contribution in [0.25, 0.3) is 0 Å². The van der Waals surface area contributed by atoms with Crippen molar-refractivity contribution in [3.8, 4) is 0 Å². The van der Waals surface area contributed by atoms with Crippen LogP contribution in [0.5, 0.6) is 0 Å². The molecule has 0 aromatic heterocycles. The average molecular weight is 375 g/mol. The Kier molecular flexibility index (Phi) is 4.53. The summed E-state index contributed by atoms with van der Waals surface area (Å²) < 4.78 is 39.7. The van der Waals surface area contributed by atoms with Crippen molar-refractivity contribution < 1.29 is 13.2 Å². The van der Waals surface area contributed by atoms with Crippen LogP contribution in [0.4, 0.5) is 24.5 Å². The first-order valence-corrected chi connectivity index (χ1v) is 7.02. The SMILES string of the molecule is NC(=S)c1cc(Br)ccc1Nc1ccccc1C(F)(F)F. The van der Waals surface area contributed by atoms with Gasteiger partial charge in [0.25, 0.3) is 0 Å². The zero-order valence-corrected chi connectivity index (χ0v) is 12.9. The summed E-state index contributed by atoms with van der Waals surface area (Å²) in [5, 5.41) is 2.75. The summed E-state index contributed by atoms with van der Waals surface area (Å²) in [6.07, 6.45) is -4.44. The first kappa shape index (κ1) is 15.8. The third kappa shape index (κ3) is 3.74. The second kappa shape index (κ2) is 6.03. The van der Waals surface area contributed by atoms with Gasteiger partial charge in [0.2, 0.25) is 0 Å². The number of halogens is 4. The molecule has 0 heterocycles. The van der Waals surface area contributed by atoms with Gasteiger partial charge in [-0.3, -0.25) is 0 Å². The molecular weight excluding hydrogens is 365 g/mol. The van der Waals surface area contributed by atoms with Gasteiger partial charge in [-0.2, -0.15) is 13.2 Å². The highest BCUT2D eigenvalue weighted by molar-refractivity contribution is 9.10. The lowest BCUT2D eigenvalue weighted by atomic mass is 10.1. The van der Waals surface area contributed by atoms with Crippen LogP contribution in [0.15, 0.2) is 46.9 Å². The second-order valence-corrected chi connectivity index (χ2v) is 5.58. The van der Waals surface area contributed by atoms with E-state index in [1.165, 1.54) is 18.2 Å². The summed E-state index contributed by atoms with van der Waals surface area (Å²) in [5.41, 5.74) is 5.70. The Bertz CT molecular complexity index is 686. The van der Waals surface area contributed by atoms with Gasteiger partial charge in [0.05, 0.1) is 11.3 Å². The first-order chi connectivity index (χ1) is 9.79. The van der Waals surface area contributed by atoms with Crippen LogP contribution in [0, 0.1) is 0 Å². The molecule has 0 aliphatic rings. The van der Waals surface area contributed by atoms with E-state index in [0.717, 1.165) is 10.5 Å². The molecule has 0 atom stereocenters. The maximum Gasteiger partial charge on any atom is 0.418 e. The lowest BCUT2D eigenvalue weighted by Gasteiger charge is -2.16. The molecule has 0 spiro atoms. The average Bonchev–Trinajstić information content (AvgIpc) is 2.40. The minimum absolute atomic E-state index is 0.0511. The quantitative estimate of drug-likeness (QED) is 0.754. The fourth-order valence-corrected chi connectivity index (χ4v) is 2.34. The van der Waals surface area contributed by atoms with E-state index in [4.69, 9.17) is 18.0 Å². The highest BCUT2D eigenvalue weighted by Crippen LogP contribution is 2.36. The molecule has 21 heavy (non-hydrogen) atoms. The molecule has 0 amide bonds. The molecule has 110 valence electrons. The summed E-state index contributed by atoms with van der Waals surface area (Å²) >= 11 is 8.20. The highest BCUT2D eigenvalue weighted by Gasteiger charge is 2.33. The van der Waals surface area contributed by atoms with Crippen LogP contribution in [0.1, 0.15) is 11.1 Å². The molecule has 0 saturated heterocycles. The lowest BCUT2D eigenvalue weighted by molar-refractivity contribution is -0.136. The van der Waals surface area contributed by atoms with E-state index in [-0.39, 0.29) is 10.7 Å². The minimum atomic E-state index is -4.44. The highest BCUT2D eigenvalue weighted by atomic mass is 79.9. The molecule has 0 fully saturated rings. The Morgan fingerprint density at radius 3 is 2.38 bits per heavy atom. The zero-order chi connectivity index (χ0) is 15.6. The van der Waals surface area contributed by atoms with Crippen molar-refractivity contribution >= 4 is 44.5 Å². The molecule has 0 bridgehead atoms. The number of benzene rings is 2. The number of alkyl halides is 3. The Hall–Kier alpha value is -1.60.